The van der Waals surface area contributed by atoms with Gasteiger partial charge in [0.1, 0.15) is 11.4 Å². The average molecular weight is 279 g/mol. The molecule has 1 aromatic rings. The van der Waals surface area contributed by atoms with E-state index in [0.29, 0.717) is 31.3 Å². The number of nitrogens with zero attached hydrogens (tertiary/aromatic N) is 2. The second-order valence-electron chi connectivity index (χ2n) is 5.08. The van der Waals surface area contributed by atoms with Gasteiger partial charge in [-0.25, -0.2) is 9.78 Å². The molecule has 0 unspecified atom stereocenters. The lowest BCUT2D eigenvalue weighted by atomic mass is 10.0. The van der Waals surface area contributed by atoms with Crippen LogP contribution < -0.4 is 10.6 Å². The fraction of sp³-hybridized carbons (Fsp3) is 0.538. The maximum Gasteiger partial charge on any atom is 0.339 e. The van der Waals surface area contributed by atoms with Gasteiger partial charge in [-0.15, -0.1) is 0 Å². The number of hydrogen-bond donors (Lipinski definition) is 2. The van der Waals surface area contributed by atoms with E-state index in [4.69, 9.17) is 15.2 Å². The zero-order valence-electron chi connectivity index (χ0n) is 11.0. The predicted molar refractivity (Wildman–Crippen MR) is 71.7 cm³/mol. The number of nitrogen functional groups attached to an aromatic ring is 1. The van der Waals surface area contributed by atoms with Crippen LogP contribution in [0.2, 0.25) is 0 Å². The molecule has 2 fully saturated rings. The summed E-state index contributed by atoms with van der Waals surface area (Å²) in [4.78, 5) is 17.4. The van der Waals surface area contributed by atoms with Crippen molar-refractivity contribution in [2.45, 2.75) is 18.6 Å². The SMILES string of the molecule is Nc1cnc(N2CCCC3(C2)OCCO3)c(C(=O)O)c1. The molecule has 0 aliphatic carbocycles. The Kier molecular flexibility index (Phi) is 3.23. The predicted octanol–water partition coefficient (Wildman–Crippen LogP) is 0.705. The number of carboxylic acid groups (broad SMARTS) is 1. The van der Waals surface area contributed by atoms with E-state index in [9.17, 15) is 9.90 Å². The summed E-state index contributed by atoms with van der Waals surface area (Å²) in [5.74, 6) is -1.23. The Morgan fingerprint density at radius 3 is 2.90 bits per heavy atom. The highest BCUT2D eigenvalue weighted by molar-refractivity contribution is 5.94. The standard InChI is InChI=1S/C13H17N3O4/c14-9-6-10(12(17)18)11(15-7-9)16-3-1-2-13(8-16)19-4-5-20-13/h6-7H,1-5,8,14H2,(H,17,18). The minimum absolute atomic E-state index is 0.111. The van der Waals surface area contributed by atoms with Gasteiger partial charge in [0.15, 0.2) is 5.79 Å². The molecular formula is C13H17N3O4. The highest BCUT2D eigenvalue weighted by Gasteiger charge is 2.41. The van der Waals surface area contributed by atoms with Gasteiger partial charge in [-0.3, -0.25) is 0 Å². The summed E-state index contributed by atoms with van der Waals surface area (Å²) in [5.41, 5.74) is 6.07. The number of carboxylic acids is 1. The molecule has 2 saturated heterocycles. The van der Waals surface area contributed by atoms with Crippen molar-refractivity contribution in [3.05, 3.63) is 17.8 Å². The Morgan fingerprint density at radius 2 is 2.20 bits per heavy atom. The highest BCUT2D eigenvalue weighted by atomic mass is 16.7. The van der Waals surface area contributed by atoms with E-state index in [1.165, 1.54) is 12.3 Å². The van der Waals surface area contributed by atoms with Crippen molar-refractivity contribution >= 4 is 17.5 Å². The van der Waals surface area contributed by atoms with Gasteiger partial charge in [0, 0.05) is 13.0 Å². The first-order chi connectivity index (χ1) is 9.60. The third-order valence-corrected chi connectivity index (χ3v) is 3.65. The average Bonchev–Trinajstić information content (AvgIpc) is 2.86. The molecule has 7 heteroatoms. The Hall–Kier alpha value is -1.86. The Bertz CT molecular complexity index is 528. The second kappa shape index (κ2) is 4.92. The molecule has 0 radical (unpaired) electrons. The number of nitrogens with two attached hydrogens (primary N) is 1. The fourth-order valence-corrected chi connectivity index (χ4v) is 2.78. The monoisotopic (exact) mass is 279 g/mol. The van der Waals surface area contributed by atoms with Crippen molar-refractivity contribution < 1.29 is 19.4 Å². The van der Waals surface area contributed by atoms with Crippen LogP contribution in [-0.4, -0.2) is 48.2 Å². The van der Waals surface area contributed by atoms with Crippen molar-refractivity contribution in [2.24, 2.45) is 0 Å². The molecule has 108 valence electrons. The van der Waals surface area contributed by atoms with Crippen LogP contribution in [0.25, 0.3) is 0 Å². The van der Waals surface area contributed by atoms with Gasteiger partial charge in [-0.1, -0.05) is 0 Å². The molecule has 0 amide bonds. The molecule has 1 aromatic heterocycles. The lowest BCUT2D eigenvalue weighted by Crippen LogP contribution is -2.49. The lowest BCUT2D eigenvalue weighted by Gasteiger charge is -2.39. The summed E-state index contributed by atoms with van der Waals surface area (Å²) in [6, 6.07) is 1.43. The molecule has 3 rings (SSSR count). The molecule has 0 atom stereocenters. The van der Waals surface area contributed by atoms with E-state index in [1.807, 2.05) is 4.90 Å². The Labute approximate surface area is 116 Å². The first-order valence-electron chi connectivity index (χ1n) is 6.61. The fourth-order valence-electron chi connectivity index (χ4n) is 2.78. The summed E-state index contributed by atoms with van der Waals surface area (Å²) in [5, 5.41) is 9.29. The molecule has 1 spiro atoms. The first-order valence-corrected chi connectivity index (χ1v) is 6.61. The third kappa shape index (κ3) is 2.30. The van der Waals surface area contributed by atoms with Crippen LogP contribution in [0, 0.1) is 0 Å². The summed E-state index contributed by atoms with van der Waals surface area (Å²) < 4.78 is 11.4. The third-order valence-electron chi connectivity index (χ3n) is 3.65. The summed E-state index contributed by atoms with van der Waals surface area (Å²) >= 11 is 0. The van der Waals surface area contributed by atoms with E-state index in [1.54, 1.807) is 0 Å². The number of rotatable bonds is 2. The summed E-state index contributed by atoms with van der Waals surface area (Å²) in [7, 11) is 0. The van der Waals surface area contributed by atoms with Crippen molar-refractivity contribution in [3.8, 4) is 0 Å². The minimum Gasteiger partial charge on any atom is -0.478 e. The van der Waals surface area contributed by atoms with E-state index >= 15 is 0 Å². The molecule has 0 bridgehead atoms. The van der Waals surface area contributed by atoms with Gasteiger partial charge in [0.05, 0.1) is 31.6 Å². The van der Waals surface area contributed by atoms with Crippen molar-refractivity contribution in [2.75, 3.05) is 36.9 Å². The molecule has 3 heterocycles. The zero-order valence-corrected chi connectivity index (χ0v) is 11.0. The highest BCUT2D eigenvalue weighted by Crippen LogP contribution is 2.33. The Morgan fingerprint density at radius 1 is 1.45 bits per heavy atom. The number of aromatic carboxylic acids is 1. The van der Waals surface area contributed by atoms with Crippen molar-refractivity contribution in [1.29, 1.82) is 0 Å². The maximum atomic E-state index is 11.3. The number of anilines is 2. The van der Waals surface area contributed by atoms with Gasteiger partial charge < -0.3 is 25.2 Å². The summed E-state index contributed by atoms with van der Waals surface area (Å²) in [6.07, 6.45) is 3.16. The topological polar surface area (TPSA) is 97.9 Å². The number of pyridine rings is 1. The number of hydrogen-bond acceptors (Lipinski definition) is 6. The lowest BCUT2D eigenvalue weighted by molar-refractivity contribution is -0.161. The molecular weight excluding hydrogens is 262 g/mol. The van der Waals surface area contributed by atoms with Crippen LogP contribution >= 0.6 is 0 Å². The van der Waals surface area contributed by atoms with E-state index in [2.05, 4.69) is 4.98 Å². The van der Waals surface area contributed by atoms with Crippen LogP contribution in [0.15, 0.2) is 12.3 Å². The van der Waals surface area contributed by atoms with E-state index in [-0.39, 0.29) is 5.56 Å². The normalized spacial score (nSPS) is 21.3. The smallest absolute Gasteiger partial charge is 0.339 e. The number of piperidine rings is 1. The van der Waals surface area contributed by atoms with Crippen LogP contribution in [0.5, 0.6) is 0 Å². The zero-order chi connectivity index (χ0) is 14.2. The largest absolute Gasteiger partial charge is 0.478 e. The van der Waals surface area contributed by atoms with Crippen LogP contribution in [-0.2, 0) is 9.47 Å². The van der Waals surface area contributed by atoms with Crippen molar-refractivity contribution in [1.82, 2.24) is 4.98 Å². The molecule has 0 saturated carbocycles. The molecule has 20 heavy (non-hydrogen) atoms. The van der Waals surface area contributed by atoms with E-state index < -0.39 is 11.8 Å². The van der Waals surface area contributed by atoms with Crippen LogP contribution in [0.1, 0.15) is 23.2 Å². The second-order valence-corrected chi connectivity index (χ2v) is 5.08. The first kappa shape index (κ1) is 13.1. The van der Waals surface area contributed by atoms with Crippen LogP contribution in [0.4, 0.5) is 11.5 Å². The number of ether oxygens (including phenoxy) is 2. The molecule has 0 aromatic carbocycles. The van der Waals surface area contributed by atoms with E-state index in [0.717, 1.165) is 19.4 Å². The van der Waals surface area contributed by atoms with Gasteiger partial charge in [-0.2, -0.15) is 0 Å². The molecule has 7 nitrogen and oxygen atoms in total. The van der Waals surface area contributed by atoms with Crippen LogP contribution in [0.3, 0.4) is 0 Å². The maximum absolute atomic E-state index is 11.3. The Balaban J connectivity index is 1.90. The number of carbonyl (C=O) groups is 1. The molecule has 3 N–H and O–H groups in total. The molecule has 2 aliphatic rings. The van der Waals surface area contributed by atoms with Gasteiger partial charge in [0.25, 0.3) is 0 Å². The quantitative estimate of drug-likeness (QED) is 0.822. The minimum atomic E-state index is -1.03. The van der Waals surface area contributed by atoms with Crippen molar-refractivity contribution in [3.63, 3.8) is 0 Å². The number of aromatic nitrogens is 1. The summed E-state index contributed by atoms with van der Waals surface area (Å²) in [6.45, 7) is 2.37. The van der Waals surface area contributed by atoms with Gasteiger partial charge in [-0.05, 0) is 12.5 Å². The molecule has 2 aliphatic heterocycles. The van der Waals surface area contributed by atoms with Gasteiger partial charge in [0.2, 0.25) is 0 Å². The van der Waals surface area contributed by atoms with Gasteiger partial charge >= 0.3 is 5.97 Å².